The van der Waals surface area contributed by atoms with E-state index in [2.05, 4.69) is 20.6 Å². The van der Waals surface area contributed by atoms with Gasteiger partial charge in [-0.25, -0.2) is 4.98 Å². The molecule has 1 aliphatic rings. The fourth-order valence-corrected chi connectivity index (χ4v) is 2.07. The molecule has 4 nitrogen and oxygen atoms in total. The van der Waals surface area contributed by atoms with Gasteiger partial charge < -0.3 is 10.6 Å². The van der Waals surface area contributed by atoms with Crippen molar-refractivity contribution in [1.82, 2.24) is 9.97 Å². The topological polar surface area (TPSA) is 49.8 Å². The summed E-state index contributed by atoms with van der Waals surface area (Å²) in [7, 11) is 1.50. The Morgan fingerprint density at radius 1 is 1.35 bits per heavy atom. The minimum atomic E-state index is -4.47. The second kappa shape index (κ2) is 5.85. The minimum absolute atomic E-state index is 0.0244. The van der Waals surface area contributed by atoms with Crippen molar-refractivity contribution in [2.75, 3.05) is 17.7 Å². The second-order valence-corrected chi connectivity index (χ2v) is 5.14. The van der Waals surface area contributed by atoms with Crippen LogP contribution < -0.4 is 10.6 Å². The monoisotopic (exact) mass is 288 g/mol. The highest BCUT2D eigenvalue weighted by molar-refractivity contribution is 5.43. The molecule has 1 aliphatic carbocycles. The van der Waals surface area contributed by atoms with Crippen molar-refractivity contribution in [3.8, 4) is 0 Å². The number of hydrogen-bond donors (Lipinski definition) is 2. The standard InChI is InChI=1S/C13H19F3N4/c1-3-9(6-8-4-5-8)18-11-7-10(13(14,15)16)19-12(17-2)20-11/h7-9H,3-6H2,1-2H3,(H2,17,18,19,20). The number of anilines is 2. The Labute approximate surface area is 116 Å². The molecule has 1 aromatic heterocycles. The molecule has 1 atom stereocenters. The van der Waals surface area contributed by atoms with Crippen LogP contribution in [0.5, 0.6) is 0 Å². The van der Waals surface area contributed by atoms with Crippen LogP contribution in [0.3, 0.4) is 0 Å². The van der Waals surface area contributed by atoms with Gasteiger partial charge in [-0.05, 0) is 18.8 Å². The van der Waals surface area contributed by atoms with Crippen molar-refractivity contribution in [2.45, 2.75) is 44.8 Å². The van der Waals surface area contributed by atoms with Gasteiger partial charge in [-0.1, -0.05) is 19.8 Å². The minimum Gasteiger partial charge on any atom is -0.367 e. The summed E-state index contributed by atoms with van der Waals surface area (Å²) in [6.45, 7) is 2.02. The van der Waals surface area contributed by atoms with E-state index in [1.165, 1.54) is 19.9 Å². The van der Waals surface area contributed by atoms with Gasteiger partial charge in [0.25, 0.3) is 0 Å². The van der Waals surface area contributed by atoms with Gasteiger partial charge >= 0.3 is 6.18 Å². The number of hydrogen-bond acceptors (Lipinski definition) is 4. The molecular weight excluding hydrogens is 269 g/mol. The van der Waals surface area contributed by atoms with E-state index < -0.39 is 11.9 Å². The molecule has 7 heteroatoms. The number of halogens is 3. The summed E-state index contributed by atoms with van der Waals surface area (Å²) in [6.07, 6.45) is -0.189. The highest BCUT2D eigenvalue weighted by atomic mass is 19.4. The van der Waals surface area contributed by atoms with Crippen LogP contribution in [-0.2, 0) is 6.18 Å². The second-order valence-electron chi connectivity index (χ2n) is 5.14. The maximum absolute atomic E-state index is 12.8. The van der Waals surface area contributed by atoms with Crippen molar-refractivity contribution in [1.29, 1.82) is 0 Å². The summed E-state index contributed by atoms with van der Waals surface area (Å²) in [4.78, 5) is 7.49. The lowest BCUT2D eigenvalue weighted by molar-refractivity contribution is -0.141. The molecule has 0 bridgehead atoms. The van der Waals surface area contributed by atoms with E-state index in [1.807, 2.05) is 6.92 Å². The summed E-state index contributed by atoms with van der Waals surface area (Å²) in [5.41, 5.74) is -0.930. The summed E-state index contributed by atoms with van der Waals surface area (Å²) < 4.78 is 38.3. The first-order chi connectivity index (χ1) is 9.42. The van der Waals surface area contributed by atoms with Gasteiger partial charge in [0.15, 0.2) is 5.69 Å². The highest BCUT2D eigenvalue weighted by Gasteiger charge is 2.34. The number of aromatic nitrogens is 2. The summed E-state index contributed by atoms with van der Waals surface area (Å²) in [6, 6.07) is 1.12. The molecule has 2 N–H and O–H groups in total. The van der Waals surface area contributed by atoms with E-state index in [4.69, 9.17) is 0 Å². The molecule has 1 saturated carbocycles. The fraction of sp³-hybridized carbons (Fsp3) is 0.692. The quantitative estimate of drug-likeness (QED) is 0.841. The molecule has 0 spiro atoms. The maximum Gasteiger partial charge on any atom is 0.433 e. The van der Waals surface area contributed by atoms with E-state index in [0.717, 1.165) is 18.9 Å². The van der Waals surface area contributed by atoms with E-state index in [0.29, 0.717) is 5.92 Å². The summed E-state index contributed by atoms with van der Waals surface area (Å²) >= 11 is 0. The number of alkyl halides is 3. The van der Waals surface area contributed by atoms with Crippen LogP contribution in [0.1, 0.15) is 38.3 Å². The van der Waals surface area contributed by atoms with Crippen LogP contribution >= 0.6 is 0 Å². The Hall–Kier alpha value is -1.53. The molecular formula is C13H19F3N4. The molecule has 0 radical (unpaired) electrons. The van der Waals surface area contributed by atoms with E-state index in [1.54, 1.807) is 0 Å². The lowest BCUT2D eigenvalue weighted by Crippen LogP contribution is -2.21. The van der Waals surface area contributed by atoms with Gasteiger partial charge in [-0.3, -0.25) is 0 Å². The average molecular weight is 288 g/mol. The van der Waals surface area contributed by atoms with Crippen LogP contribution in [0.15, 0.2) is 6.07 Å². The van der Waals surface area contributed by atoms with Crippen LogP contribution in [-0.4, -0.2) is 23.1 Å². The van der Waals surface area contributed by atoms with Gasteiger partial charge in [0.2, 0.25) is 5.95 Å². The lowest BCUT2D eigenvalue weighted by Gasteiger charge is -2.18. The molecule has 1 heterocycles. The third kappa shape index (κ3) is 3.98. The Bertz CT molecular complexity index is 457. The predicted molar refractivity (Wildman–Crippen MR) is 71.6 cm³/mol. The molecule has 112 valence electrons. The van der Waals surface area contributed by atoms with Crippen molar-refractivity contribution >= 4 is 11.8 Å². The first kappa shape index (κ1) is 14.9. The van der Waals surface area contributed by atoms with Crippen molar-refractivity contribution < 1.29 is 13.2 Å². The van der Waals surface area contributed by atoms with E-state index in [-0.39, 0.29) is 17.8 Å². The Morgan fingerprint density at radius 2 is 2.05 bits per heavy atom. The molecule has 20 heavy (non-hydrogen) atoms. The van der Waals surface area contributed by atoms with Crippen LogP contribution in [0.25, 0.3) is 0 Å². The summed E-state index contributed by atoms with van der Waals surface area (Å²) in [5.74, 6) is 0.910. The third-order valence-corrected chi connectivity index (χ3v) is 3.40. The SMILES string of the molecule is CCC(CC1CC1)Nc1cc(C(F)(F)F)nc(NC)n1. The van der Waals surface area contributed by atoms with Crippen molar-refractivity contribution in [2.24, 2.45) is 5.92 Å². The molecule has 1 fully saturated rings. The fourth-order valence-electron chi connectivity index (χ4n) is 2.07. The molecule has 1 aromatic rings. The molecule has 1 unspecified atom stereocenters. The highest BCUT2D eigenvalue weighted by Crippen LogP contribution is 2.35. The number of nitrogens with zero attached hydrogens (tertiary/aromatic N) is 2. The predicted octanol–water partition coefficient (Wildman–Crippen LogP) is 3.53. The lowest BCUT2D eigenvalue weighted by atomic mass is 10.1. The molecule has 0 saturated heterocycles. The smallest absolute Gasteiger partial charge is 0.367 e. The van der Waals surface area contributed by atoms with Gasteiger partial charge in [0, 0.05) is 19.2 Å². The van der Waals surface area contributed by atoms with Crippen LogP contribution in [0, 0.1) is 5.92 Å². The Kier molecular flexibility index (Phi) is 4.35. The first-order valence-electron chi connectivity index (χ1n) is 6.83. The molecule has 2 rings (SSSR count). The average Bonchev–Trinajstić information content (AvgIpc) is 3.20. The van der Waals surface area contributed by atoms with Crippen LogP contribution in [0.4, 0.5) is 24.9 Å². The molecule has 0 amide bonds. The van der Waals surface area contributed by atoms with Gasteiger partial charge in [0.05, 0.1) is 0 Å². The largest absolute Gasteiger partial charge is 0.433 e. The van der Waals surface area contributed by atoms with E-state index >= 15 is 0 Å². The zero-order chi connectivity index (χ0) is 14.8. The van der Waals surface area contributed by atoms with E-state index in [9.17, 15) is 13.2 Å². The van der Waals surface area contributed by atoms with Gasteiger partial charge in [-0.2, -0.15) is 18.2 Å². The first-order valence-corrected chi connectivity index (χ1v) is 6.83. The third-order valence-electron chi connectivity index (χ3n) is 3.40. The summed E-state index contributed by atoms with van der Waals surface area (Å²) in [5, 5.41) is 5.66. The molecule has 0 aliphatic heterocycles. The number of rotatable bonds is 6. The maximum atomic E-state index is 12.8. The number of nitrogens with one attached hydrogen (secondary N) is 2. The zero-order valence-electron chi connectivity index (χ0n) is 11.6. The van der Waals surface area contributed by atoms with Crippen molar-refractivity contribution in [3.63, 3.8) is 0 Å². The Morgan fingerprint density at radius 3 is 2.55 bits per heavy atom. The Balaban J connectivity index is 2.16. The van der Waals surface area contributed by atoms with Crippen LogP contribution in [0.2, 0.25) is 0 Å². The normalized spacial score (nSPS) is 16.9. The van der Waals surface area contributed by atoms with Gasteiger partial charge in [0.1, 0.15) is 5.82 Å². The van der Waals surface area contributed by atoms with Gasteiger partial charge in [-0.15, -0.1) is 0 Å². The molecule has 0 aromatic carbocycles. The van der Waals surface area contributed by atoms with Crippen molar-refractivity contribution in [3.05, 3.63) is 11.8 Å². The zero-order valence-corrected chi connectivity index (χ0v) is 11.6.